The highest BCUT2D eigenvalue weighted by atomic mass is 16.4. The molecule has 3 heteroatoms. The molecule has 0 radical (unpaired) electrons. The zero-order valence-electron chi connectivity index (χ0n) is 13.7. The standard InChI is InChI=1S/C18H31NO2/c1-10(2)14-7-4-11(3)8-15(14)19-17-13-6-5-12(9-13)16(17)18(20)21/h10-17,19H,4-9H2,1-3H3,(H,20,21). The van der Waals surface area contributed by atoms with Crippen LogP contribution in [0.25, 0.3) is 0 Å². The first-order valence-corrected chi connectivity index (χ1v) is 8.96. The molecule has 0 aliphatic heterocycles. The van der Waals surface area contributed by atoms with Crippen molar-refractivity contribution in [3.63, 3.8) is 0 Å². The Balaban J connectivity index is 1.72. The first-order chi connectivity index (χ1) is 9.97. The molecule has 3 saturated carbocycles. The molecule has 7 unspecified atom stereocenters. The van der Waals surface area contributed by atoms with Gasteiger partial charge in [0.05, 0.1) is 5.92 Å². The van der Waals surface area contributed by atoms with Gasteiger partial charge in [0, 0.05) is 12.1 Å². The lowest BCUT2D eigenvalue weighted by atomic mass is 9.73. The highest BCUT2D eigenvalue weighted by Crippen LogP contribution is 2.49. The van der Waals surface area contributed by atoms with Crippen LogP contribution in [0.4, 0.5) is 0 Å². The van der Waals surface area contributed by atoms with Crippen LogP contribution in [-0.4, -0.2) is 23.2 Å². The Morgan fingerprint density at radius 3 is 2.48 bits per heavy atom. The molecule has 3 aliphatic carbocycles. The van der Waals surface area contributed by atoms with Gasteiger partial charge in [0.1, 0.15) is 0 Å². The highest BCUT2D eigenvalue weighted by Gasteiger charge is 2.52. The van der Waals surface area contributed by atoms with E-state index in [9.17, 15) is 9.90 Å². The molecule has 0 aromatic rings. The van der Waals surface area contributed by atoms with Crippen molar-refractivity contribution in [3.05, 3.63) is 0 Å². The molecule has 0 heterocycles. The number of hydrogen-bond acceptors (Lipinski definition) is 2. The van der Waals surface area contributed by atoms with E-state index in [0.717, 1.165) is 24.7 Å². The Hall–Kier alpha value is -0.570. The third-order valence-electron chi connectivity index (χ3n) is 6.63. The number of aliphatic carboxylic acids is 1. The lowest BCUT2D eigenvalue weighted by molar-refractivity contribution is -0.144. The van der Waals surface area contributed by atoms with Gasteiger partial charge in [-0.2, -0.15) is 0 Å². The minimum absolute atomic E-state index is 0.131. The van der Waals surface area contributed by atoms with Crippen LogP contribution in [0.2, 0.25) is 0 Å². The second-order valence-corrected chi connectivity index (χ2v) is 8.32. The van der Waals surface area contributed by atoms with Crippen LogP contribution in [0, 0.1) is 35.5 Å². The Labute approximate surface area is 128 Å². The van der Waals surface area contributed by atoms with Crippen molar-refractivity contribution < 1.29 is 9.90 Å². The van der Waals surface area contributed by atoms with Gasteiger partial charge in [0.2, 0.25) is 0 Å². The van der Waals surface area contributed by atoms with Crippen LogP contribution >= 0.6 is 0 Å². The molecular formula is C18H31NO2. The summed E-state index contributed by atoms with van der Waals surface area (Å²) in [7, 11) is 0. The Morgan fingerprint density at radius 2 is 1.81 bits per heavy atom. The molecule has 3 fully saturated rings. The Kier molecular flexibility index (Phi) is 4.31. The molecule has 120 valence electrons. The summed E-state index contributed by atoms with van der Waals surface area (Å²) >= 11 is 0. The van der Waals surface area contributed by atoms with Gasteiger partial charge in [-0.25, -0.2) is 0 Å². The largest absolute Gasteiger partial charge is 0.481 e. The molecule has 3 rings (SSSR count). The minimum Gasteiger partial charge on any atom is -0.481 e. The van der Waals surface area contributed by atoms with Crippen LogP contribution in [0.5, 0.6) is 0 Å². The number of carboxylic acids is 1. The van der Waals surface area contributed by atoms with E-state index in [2.05, 4.69) is 26.1 Å². The van der Waals surface area contributed by atoms with E-state index in [-0.39, 0.29) is 12.0 Å². The van der Waals surface area contributed by atoms with Crippen molar-refractivity contribution in [1.82, 2.24) is 5.32 Å². The van der Waals surface area contributed by atoms with E-state index in [1.54, 1.807) is 0 Å². The van der Waals surface area contributed by atoms with Crippen LogP contribution in [0.3, 0.4) is 0 Å². The fourth-order valence-electron chi connectivity index (χ4n) is 5.53. The van der Waals surface area contributed by atoms with Crippen molar-refractivity contribution in [2.24, 2.45) is 35.5 Å². The summed E-state index contributed by atoms with van der Waals surface area (Å²) in [6.45, 7) is 7.00. The van der Waals surface area contributed by atoms with Crippen molar-refractivity contribution in [2.75, 3.05) is 0 Å². The van der Waals surface area contributed by atoms with Crippen molar-refractivity contribution in [2.45, 2.75) is 71.4 Å². The molecule has 2 N–H and O–H groups in total. The second kappa shape index (κ2) is 5.91. The van der Waals surface area contributed by atoms with E-state index >= 15 is 0 Å². The van der Waals surface area contributed by atoms with Gasteiger partial charge >= 0.3 is 5.97 Å². The molecule has 0 spiro atoms. The molecule has 7 atom stereocenters. The zero-order valence-corrected chi connectivity index (χ0v) is 13.7. The topological polar surface area (TPSA) is 49.3 Å². The summed E-state index contributed by atoms with van der Waals surface area (Å²) in [4.78, 5) is 11.7. The highest BCUT2D eigenvalue weighted by molar-refractivity contribution is 5.72. The molecule has 0 aromatic carbocycles. The van der Waals surface area contributed by atoms with Crippen molar-refractivity contribution in [1.29, 1.82) is 0 Å². The van der Waals surface area contributed by atoms with E-state index in [1.807, 2.05) is 0 Å². The maximum Gasteiger partial charge on any atom is 0.308 e. The quantitative estimate of drug-likeness (QED) is 0.833. The maximum atomic E-state index is 11.7. The van der Waals surface area contributed by atoms with E-state index in [1.165, 1.54) is 25.7 Å². The predicted octanol–water partition coefficient (Wildman–Crippen LogP) is 3.54. The summed E-state index contributed by atoms with van der Waals surface area (Å²) in [5, 5.41) is 13.5. The van der Waals surface area contributed by atoms with E-state index < -0.39 is 5.97 Å². The molecule has 3 aliphatic rings. The average molecular weight is 293 g/mol. The summed E-state index contributed by atoms with van der Waals surface area (Å²) in [6, 6.07) is 0.762. The third-order valence-corrected chi connectivity index (χ3v) is 6.63. The fourth-order valence-corrected chi connectivity index (χ4v) is 5.53. The SMILES string of the molecule is CC1CCC(C(C)C)C(NC2C3CCC(C3)C2C(=O)O)C1. The van der Waals surface area contributed by atoms with Crippen molar-refractivity contribution in [3.8, 4) is 0 Å². The van der Waals surface area contributed by atoms with Gasteiger partial charge in [-0.05, 0) is 61.7 Å². The van der Waals surface area contributed by atoms with Crippen LogP contribution in [-0.2, 0) is 4.79 Å². The minimum atomic E-state index is -0.565. The lowest BCUT2D eigenvalue weighted by Gasteiger charge is -2.42. The predicted molar refractivity (Wildman–Crippen MR) is 84.0 cm³/mol. The average Bonchev–Trinajstić information content (AvgIpc) is 2.98. The van der Waals surface area contributed by atoms with Crippen LogP contribution < -0.4 is 5.32 Å². The monoisotopic (exact) mass is 293 g/mol. The molecule has 0 aromatic heterocycles. The van der Waals surface area contributed by atoms with E-state index in [0.29, 0.717) is 23.8 Å². The number of nitrogens with one attached hydrogen (secondary N) is 1. The number of hydrogen-bond donors (Lipinski definition) is 2. The van der Waals surface area contributed by atoms with Gasteiger partial charge in [-0.1, -0.05) is 27.2 Å². The van der Waals surface area contributed by atoms with Crippen LogP contribution in [0.15, 0.2) is 0 Å². The van der Waals surface area contributed by atoms with Gasteiger partial charge in [-0.15, -0.1) is 0 Å². The molecular weight excluding hydrogens is 262 g/mol. The third kappa shape index (κ3) is 2.86. The number of carboxylic acid groups (broad SMARTS) is 1. The second-order valence-electron chi connectivity index (χ2n) is 8.32. The normalized spacial score (nSPS) is 46.2. The molecule has 3 nitrogen and oxygen atoms in total. The van der Waals surface area contributed by atoms with Crippen LogP contribution in [0.1, 0.15) is 59.3 Å². The smallest absolute Gasteiger partial charge is 0.308 e. The van der Waals surface area contributed by atoms with Gasteiger partial charge in [0.15, 0.2) is 0 Å². The van der Waals surface area contributed by atoms with Gasteiger partial charge in [0.25, 0.3) is 0 Å². The summed E-state index contributed by atoms with van der Waals surface area (Å²) in [5.74, 6) is 2.54. The van der Waals surface area contributed by atoms with Crippen molar-refractivity contribution >= 4 is 5.97 Å². The number of carbonyl (C=O) groups is 1. The molecule has 2 bridgehead atoms. The summed E-state index contributed by atoms with van der Waals surface area (Å²) in [6.07, 6.45) is 7.37. The Bertz CT molecular complexity index is 395. The number of rotatable bonds is 4. The molecule has 21 heavy (non-hydrogen) atoms. The first-order valence-electron chi connectivity index (χ1n) is 8.96. The summed E-state index contributed by atoms with van der Waals surface area (Å²) in [5.41, 5.74) is 0. The maximum absolute atomic E-state index is 11.7. The Morgan fingerprint density at radius 1 is 1.10 bits per heavy atom. The summed E-state index contributed by atoms with van der Waals surface area (Å²) < 4.78 is 0. The molecule has 0 saturated heterocycles. The molecule has 0 amide bonds. The lowest BCUT2D eigenvalue weighted by Crippen LogP contribution is -2.53. The first kappa shape index (κ1) is 15.3. The van der Waals surface area contributed by atoms with Gasteiger partial charge < -0.3 is 10.4 Å². The zero-order chi connectivity index (χ0) is 15.1. The number of fused-ring (bicyclic) bond motifs is 2. The van der Waals surface area contributed by atoms with Gasteiger partial charge in [-0.3, -0.25) is 4.79 Å². The fraction of sp³-hybridized carbons (Fsp3) is 0.944. The van der Waals surface area contributed by atoms with E-state index in [4.69, 9.17) is 0 Å².